The smallest absolute Gasteiger partial charge is 0.301 e. The van der Waals surface area contributed by atoms with E-state index in [1.807, 2.05) is 6.92 Å². The fourth-order valence-corrected chi connectivity index (χ4v) is 4.29. The lowest BCUT2D eigenvalue weighted by Gasteiger charge is -2.22. The van der Waals surface area contributed by atoms with Crippen LogP contribution in [0, 0.1) is 5.92 Å². The molecule has 0 spiro atoms. The molecule has 1 aliphatic heterocycles. The number of imide groups is 1. The van der Waals surface area contributed by atoms with Crippen LogP contribution in [-0.2, 0) is 14.4 Å². The minimum Gasteiger partial charge on any atom is -0.494 e. The van der Waals surface area contributed by atoms with Gasteiger partial charge in [0.2, 0.25) is 5.91 Å². The van der Waals surface area contributed by atoms with Crippen molar-refractivity contribution in [3.63, 3.8) is 0 Å². The van der Waals surface area contributed by atoms with E-state index in [4.69, 9.17) is 0 Å². The molecule has 30 heavy (non-hydrogen) atoms. The Morgan fingerprint density at radius 1 is 1.13 bits per heavy atom. The number of carbonyl (C=O) groups is 3. The van der Waals surface area contributed by atoms with Crippen molar-refractivity contribution in [3.8, 4) is 11.8 Å². The van der Waals surface area contributed by atoms with E-state index in [9.17, 15) is 29.8 Å². The van der Waals surface area contributed by atoms with E-state index in [0.717, 1.165) is 43.1 Å². The number of hydrogen-bond donors (Lipinski definition) is 4. The number of rotatable bonds is 8. The summed E-state index contributed by atoms with van der Waals surface area (Å²) in [6.07, 6.45) is 7.16. The molecule has 3 amide bonds. The Morgan fingerprint density at radius 3 is 2.37 bits per heavy atom. The third-order valence-corrected chi connectivity index (χ3v) is 5.94. The standard InChI is InChI=1S/C21H29N3O6/c1-2-3-9-15(23-16(25)10-11-17(23)26)19(27)22-18-14(20(28)24(30)21(18)29)12-13-7-5-4-6-8-13/h10-11,13,15,25-26,30H,2-9,12H2,1H3,(H,22,27). The first-order chi connectivity index (χ1) is 14.3. The minimum absolute atomic E-state index is 0.0411. The summed E-state index contributed by atoms with van der Waals surface area (Å²) in [6, 6.07) is 1.57. The van der Waals surface area contributed by atoms with Crippen LogP contribution in [-0.4, -0.2) is 42.8 Å². The van der Waals surface area contributed by atoms with E-state index in [0.29, 0.717) is 19.3 Å². The first-order valence-corrected chi connectivity index (χ1v) is 10.6. The number of hydroxylamine groups is 2. The number of carbonyl (C=O) groups excluding carboxylic acids is 3. The molecular weight excluding hydrogens is 390 g/mol. The molecule has 2 aliphatic rings. The zero-order valence-corrected chi connectivity index (χ0v) is 17.1. The third kappa shape index (κ3) is 4.35. The zero-order chi connectivity index (χ0) is 21.8. The van der Waals surface area contributed by atoms with Crippen molar-refractivity contribution in [2.75, 3.05) is 0 Å². The van der Waals surface area contributed by atoms with Crippen LogP contribution in [0.2, 0.25) is 0 Å². The molecule has 0 radical (unpaired) electrons. The highest BCUT2D eigenvalue weighted by atomic mass is 16.5. The van der Waals surface area contributed by atoms with Crippen LogP contribution in [0.4, 0.5) is 0 Å². The molecule has 9 heteroatoms. The van der Waals surface area contributed by atoms with E-state index < -0.39 is 23.8 Å². The van der Waals surface area contributed by atoms with Crippen molar-refractivity contribution >= 4 is 17.7 Å². The molecule has 4 N–H and O–H groups in total. The topological polar surface area (TPSA) is 132 Å². The van der Waals surface area contributed by atoms with Gasteiger partial charge in [0.1, 0.15) is 11.7 Å². The molecule has 0 bridgehead atoms. The summed E-state index contributed by atoms with van der Waals surface area (Å²) in [6.45, 7) is 1.94. The van der Waals surface area contributed by atoms with Crippen LogP contribution in [0.15, 0.2) is 23.4 Å². The quantitative estimate of drug-likeness (QED) is 0.378. The lowest BCUT2D eigenvalue weighted by molar-refractivity contribution is -0.170. The third-order valence-electron chi connectivity index (χ3n) is 5.94. The van der Waals surface area contributed by atoms with Gasteiger partial charge >= 0.3 is 5.91 Å². The van der Waals surface area contributed by atoms with Crippen LogP contribution in [0.1, 0.15) is 70.8 Å². The molecule has 2 heterocycles. The maximum atomic E-state index is 13.1. The van der Waals surface area contributed by atoms with Gasteiger partial charge in [-0.25, -0.2) is 0 Å². The first kappa shape index (κ1) is 21.9. The predicted octanol–water partition coefficient (Wildman–Crippen LogP) is 2.73. The Hall–Kier alpha value is -2.81. The fourth-order valence-electron chi connectivity index (χ4n) is 4.29. The summed E-state index contributed by atoms with van der Waals surface area (Å²) >= 11 is 0. The number of nitrogens with one attached hydrogen (secondary N) is 1. The molecule has 0 aromatic carbocycles. The fraction of sp³-hybridized carbons (Fsp3) is 0.571. The summed E-state index contributed by atoms with van der Waals surface area (Å²) in [5.41, 5.74) is -0.108. The second-order valence-electron chi connectivity index (χ2n) is 8.05. The van der Waals surface area contributed by atoms with Crippen LogP contribution in [0.3, 0.4) is 0 Å². The van der Waals surface area contributed by atoms with Gasteiger partial charge in [-0.15, -0.1) is 5.06 Å². The SMILES string of the molecule is CCCCC(C(=O)NC1=C(CC2CCCCC2)C(=O)N(O)C1=O)n1c(O)ccc1O. The number of nitrogens with zero attached hydrogens (tertiary/aromatic N) is 2. The molecule has 1 aliphatic carbocycles. The van der Waals surface area contributed by atoms with Crippen LogP contribution in [0.5, 0.6) is 11.8 Å². The van der Waals surface area contributed by atoms with Crippen molar-refractivity contribution in [2.45, 2.75) is 70.8 Å². The number of unbranched alkanes of at least 4 members (excludes halogenated alkanes) is 1. The maximum Gasteiger partial charge on any atom is 0.301 e. The van der Waals surface area contributed by atoms with Crippen molar-refractivity contribution in [1.82, 2.24) is 14.9 Å². The van der Waals surface area contributed by atoms with Crippen LogP contribution >= 0.6 is 0 Å². The molecule has 1 fully saturated rings. The molecule has 0 saturated heterocycles. The average molecular weight is 419 g/mol. The molecule has 1 aromatic rings. The van der Waals surface area contributed by atoms with Gasteiger partial charge in [-0.2, -0.15) is 0 Å². The van der Waals surface area contributed by atoms with Gasteiger partial charge < -0.3 is 15.5 Å². The Labute approximate surface area is 174 Å². The Bertz CT molecular complexity index is 833. The van der Waals surface area contributed by atoms with E-state index >= 15 is 0 Å². The van der Waals surface area contributed by atoms with Gasteiger partial charge in [0, 0.05) is 17.7 Å². The van der Waals surface area contributed by atoms with Crippen LogP contribution < -0.4 is 5.32 Å². The summed E-state index contributed by atoms with van der Waals surface area (Å²) in [5.74, 6) is -2.75. The highest BCUT2D eigenvalue weighted by Gasteiger charge is 2.40. The molecule has 1 saturated carbocycles. The van der Waals surface area contributed by atoms with Gasteiger partial charge in [-0.3, -0.25) is 24.2 Å². The molecule has 1 atom stereocenters. The predicted molar refractivity (Wildman–Crippen MR) is 106 cm³/mol. The monoisotopic (exact) mass is 419 g/mol. The van der Waals surface area contributed by atoms with Gasteiger partial charge in [0.25, 0.3) is 5.91 Å². The lowest BCUT2D eigenvalue weighted by atomic mass is 9.84. The normalized spacial score (nSPS) is 18.9. The van der Waals surface area contributed by atoms with Crippen molar-refractivity contribution in [3.05, 3.63) is 23.4 Å². The van der Waals surface area contributed by atoms with Gasteiger partial charge in [0.15, 0.2) is 11.8 Å². The van der Waals surface area contributed by atoms with Gasteiger partial charge in [0.05, 0.1) is 0 Å². The van der Waals surface area contributed by atoms with Crippen molar-refractivity contribution in [2.24, 2.45) is 5.92 Å². The average Bonchev–Trinajstić information content (AvgIpc) is 3.16. The highest BCUT2D eigenvalue weighted by molar-refractivity contribution is 6.19. The highest BCUT2D eigenvalue weighted by Crippen LogP contribution is 2.34. The van der Waals surface area contributed by atoms with Crippen molar-refractivity contribution < 1.29 is 29.8 Å². The number of aromatic nitrogens is 1. The van der Waals surface area contributed by atoms with E-state index in [2.05, 4.69) is 5.32 Å². The zero-order valence-electron chi connectivity index (χ0n) is 17.1. The lowest BCUT2D eigenvalue weighted by Crippen LogP contribution is -2.36. The second kappa shape index (κ2) is 9.34. The van der Waals surface area contributed by atoms with Gasteiger partial charge in [-0.05, 0) is 18.8 Å². The van der Waals surface area contributed by atoms with E-state index in [1.165, 1.54) is 12.1 Å². The summed E-state index contributed by atoms with van der Waals surface area (Å²) in [4.78, 5) is 37.9. The maximum absolute atomic E-state index is 13.1. The number of aromatic hydroxyl groups is 2. The Balaban J connectivity index is 1.87. The van der Waals surface area contributed by atoms with Crippen LogP contribution in [0.25, 0.3) is 0 Å². The molecule has 164 valence electrons. The summed E-state index contributed by atoms with van der Waals surface area (Å²) < 4.78 is 1.09. The molecule has 1 aromatic heterocycles. The first-order valence-electron chi connectivity index (χ1n) is 10.6. The molecular formula is C21H29N3O6. The molecule has 9 nitrogen and oxygen atoms in total. The number of amides is 3. The van der Waals surface area contributed by atoms with Gasteiger partial charge in [-0.1, -0.05) is 51.9 Å². The molecule has 3 rings (SSSR count). The summed E-state index contributed by atoms with van der Waals surface area (Å²) in [5, 5.41) is 32.5. The Morgan fingerprint density at radius 2 is 1.77 bits per heavy atom. The van der Waals surface area contributed by atoms with E-state index in [1.54, 1.807) is 0 Å². The summed E-state index contributed by atoms with van der Waals surface area (Å²) in [7, 11) is 0. The van der Waals surface area contributed by atoms with E-state index in [-0.39, 0.29) is 34.0 Å². The number of hydrogen-bond acceptors (Lipinski definition) is 6. The van der Waals surface area contributed by atoms with Crippen molar-refractivity contribution in [1.29, 1.82) is 0 Å². The largest absolute Gasteiger partial charge is 0.494 e. The Kier molecular flexibility index (Phi) is 6.81. The molecule has 1 unspecified atom stereocenters. The second-order valence-corrected chi connectivity index (χ2v) is 8.05. The minimum atomic E-state index is -0.973.